The highest BCUT2D eigenvalue weighted by atomic mass is 79.9. The van der Waals surface area contributed by atoms with Crippen LogP contribution in [0.3, 0.4) is 0 Å². The molecule has 0 aromatic heterocycles. The summed E-state index contributed by atoms with van der Waals surface area (Å²) in [5, 5.41) is 7.50. The minimum absolute atomic E-state index is 0.209. The smallest absolute Gasteiger partial charge is 0.254 e. The lowest BCUT2D eigenvalue weighted by Crippen LogP contribution is -2.35. The molecule has 0 spiro atoms. The summed E-state index contributed by atoms with van der Waals surface area (Å²) < 4.78 is 42.0. The second kappa shape index (κ2) is 5.76. The molecule has 3 N–H and O–H groups in total. The van der Waals surface area contributed by atoms with Gasteiger partial charge in [-0.05, 0) is 18.6 Å². The van der Waals surface area contributed by atoms with Crippen LogP contribution >= 0.6 is 15.9 Å². The second-order valence-electron chi connectivity index (χ2n) is 4.34. The van der Waals surface area contributed by atoms with Gasteiger partial charge >= 0.3 is 0 Å². The van der Waals surface area contributed by atoms with Crippen LogP contribution in [0, 0.1) is 5.82 Å². The Morgan fingerprint density at radius 3 is 2.75 bits per heavy atom. The maximum absolute atomic E-state index is 14.1. The van der Waals surface area contributed by atoms with Crippen LogP contribution in [0.15, 0.2) is 21.5 Å². The zero-order chi connectivity index (χ0) is 14.9. The zero-order valence-corrected chi connectivity index (χ0v) is 12.6. The van der Waals surface area contributed by atoms with E-state index in [2.05, 4.69) is 21.2 Å². The maximum atomic E-state index is 14.1. The van der Waals surface area contributed by atoms with Crippen molar-refractivity contribution < 1.29 is 22.3 Å². The monoisotopic (exact) mass is 366 g/mol. The van der Waals surface area contributed by atoms with Gasteiger partial charge in [-0.2, -0.15) is 0 Å². The van der Waals surface area contributed by atoms with E-state index in [9.17, 15) is 17.6 Å². The standard InChI is InChI=1S/C11H12BrFN2O4S/c12-6-3-8(10(13)9(4-6)20(14,17)18)11(16)15-7-1-2-19-5-7/h3-4,7H,1-2,5H2,(H,15,16)(H2,14,17,18). The van der Waals surface area contributed by atoms with Crippen molar-refractivity contribution in [2.45, 2.75) is 17.4 Å². The van der Waals surface area contributed by atoms with Crippen LogP contribution in [-0.4, -0.2) is 33.6 Å². The summed E-state index contributed by atoms with van der Waals surface area (Å²) in [5.41, 5.74) is -0.379. The molecule has 1 heterocycles. The number of amides is 1. The molecule has 0 aliphatic carbocycles. The molecule has 1 aliphatic heterocycles. The number of carbonyl (C=O) groups is 1. The SMILES string of the molecule is NS(=O)(=O)c1cc(Br)cc(C(=O)NC2CCOC2)c1F. The van der Waals surface area contributed by atoms with Gasteiger partial charge in [0.2, 0.25) is 10.0 Å². The van der Waals surface area contributed by atoms with Crippen LogP contribution in [0.1, 0.15) is 16.8 Å². The number of nitrogens with one attached hydrogen (secondary N) is 1. The number of hydrogen-bond acceptors (Lipinski definition) is 4. The van der Waals surface area contributed by atoms with Gasteiger partial charge in [0.05, 0.1) is 18.2 Å². The Bertz CT molecular complexity index is 644. The summed E-state index contributed by atoms with van der Waals surface area (Å²) in [5.74, 6) is -1.86. The van der Waals surface area contributed by atoms with E-state index < -0.39 is 26.6 Å². The number of hydrogen-bond donors (Lipinski definition) is 2. The summed E-state index contributed by atoms with van der Waals surface area (Å²) in [7, 11) is -4.25. The second-order valence-corrected chi connectivity index (χ2v) is 6.79. The third-order valence-corrected chi connectivity index (χ3v) is 4.19. The van der Waals surface area contributed by atoms with Gasteiger partial charge < -0.3 is 10.1 Å². The van der Waals surface area contributed by atoms with Crippen molar-refractivity contribution >= 4 is 31.9 Å². The van der Waals surface area contributed by atoms with Crippen molar-refractivity contribution in [1.29, 1.82) is 0 Å². The zero-order valence-electron chi connectivity index (χ0n) is 10.2. The molecule has 110 valence electrons. The lowest BCUT2D eigenvalue weighted by molar-refractivity contribution is 0.0925. The van der Waals surface area contributed by atoms with E-state index in [-0.39, 0.29) is 16.1 Å². The maximum Gasteiger partial charge on any atom is 0.254 e. The van der Waals surface area contributed by atoms with Crippen molar-refractivity contribution in [2.24, 2.45) is 5.14 Å². The molecule has 1 aromatic rings. The van der Waals surface area contributed by atoms with Crippen LogP contribution < -0.4 is 10.5 Å². The highest BCUT2D eigenvalue weighted by Crippen LogP contribution is 2.23. The quantitative estimate of drug-likeness (QED) is 0.824. The lowest BCUT2D eigenvalue weighted by Gasteiger charge is -2.12. The third kappa shape index (κ3) is 3.35. The van der Waals surface area contributed by atoms with Crippen LogP contribution in [0.4, 0.5) is 4.39 Å². The topological polar surface area (TPSA) is 98.5 Å². The molecule has 6 nitrogen and oxygen atoms in total. The molecule has 1 aliphatic rings. The van der Waals surface area contributed by atoms with Gasteiger partial charge in [-0.25, -0.2) is 17.9 Å². The minimum atomic E-state index is -4.25. The number of sulfonamides is 1. The fourth-order valence-electron chi connectivity index (χ4n) is 1.85. The van der Waals surface area contributed by atoms with Crippen LogP contribution in [0.5, 0.6) is 0 Å². The molecule has 0 bridgehead atoms. The average molecular weight is 367 g/mol. The van der Waals surface area contributed by atoms with Gasteiger partial charge in [0.25, 0.3) is 5.91 Å². The molecule has 0 saturated carbocycles. The highest BCUT2D eigenvalue weighted by molar-refractivity contribution is 9.10. The highest BCUT2D eigenvalue weighted by Gasteiger charge is 2.25. The number of benzene rings is 1. The molecule has 2 rings (SSSR count). The van der Waals surface area contributed by atoms with E-state index in [4.69, 9.17) is 9.88 Å². The Hall–Kier alpha value is -1.03. The fourth-order valence-corrected chi connectivity index (χ4v) is 3.11. The first-order valence-corrected chi connectivity index (χ1v) is 8.03. The first kappa shape index (κ1) is 15.4. The molecule has 20 heavy (non-hydrogen) atoms. The summed E-state index contributed by atoms with van der Waals surface area (Å²) in [6.07, 6.45) is 0.628. The Morgan fingerprint density at radius 2 is 2.20 bits per heavy atom. The van der Waals surface area contributed by atoms with Gasteiger partial charge in [0, 0.05) is 11.1 Å². The van der Waals surface area contributed by atoms with Gasteiger partial charge in [-0.3, -0.25) is 4.79 Å². The molecule has 1 aromatic carbocycles. The summed E-state index contributed by atoms with van der Waals surface area (Å²) >= 11 is 3.03. The Labute approximate surface area is 123 Å². The summed E-state index contributed by atoms with van der Waals surface area (Å²) in [6, 6.07) is 2.01. The Balaban J connectivity index is 2.36. The number of primary sulfonamides is 1. The van der Waals surface area contributed by atoms with E-state index in [1.54, 1.807) is 0 Å². The van der Waals surface area contributed by atoms with Crippen LogP contribution in [0.25, 0.3) is 0 Å². The Morgan fingerprint density at radius 1 is 1.50 bits per heavy atom. The number of ether oxygens (including phenoxy) is 1. The number of nitrogens with two attached hydrogens (primary N) is 1. The molecule has 1 amide bonds. The van der Waals surface area contributed by atoms with Gasteiger partial charge in [-0.15, -0.1) is 0 Å². The number of halogens is 2. The molecule has 1 atom stereocenters. The van der Waals surface area contributed by atoms with Gasteiger partial charge in [0.1, 0.15) is 4.90 Å². The van der Waals surface area contributed by atoms with Crippen molar-refractivity contribution in [2.75, 3.05) is 13.2 Å². The molecule has 1 saturated heterocycles. The van der Waals surface area contributed by atoms with Gasteiger partial charge in [0.15, 0.2) is 5.82 Å². The van der Waals surface area contributed by atoms with E-state index in [0.29, 0.717) is 19.6 Å². The molecule has 9 heteroatoms. The molecular formula is C11H12BrFN2O4S. The van der Waals surface area contributed by atoms with E-state index in [1.807, 2.05) is 0 Å². The van der Waals surface area contributed by atoms with E-state index >= 15 is 0 Å². The molecule has 0 radical (unpaired) electrons. The normalized spacial score (nSPS) is 19.1. The third-order valence-electron chi connectivity index (χ3n) is 2.82. The van der Waals surface area contributed by atoms with E-state index in [1.165, 1.54) is 6.07 Å². The summed E-state index contributed by atoms with van der Waals surface area (Å²) in [6.45, 7) is 0.873. The first-order chi connectivity index (χ1) is 9.29. The lowest BCUT2D eigenvalue weighted by atomic mass is 10.1. The number of rotatable bonds is 3. The molecular weight excluding hydrogens is 355 g/mol. The molecule has 1 unspecified atom stereocenters. The fraction of sp³-hybridized carbons (Fsp3) is 0.364. The van der Waals surface area contributed by atoms with Crippen molar-refractivity contribution in [3.8, 4) is 0 Å². The predicted octanol–water partition coefficient (Wildman–Crippen LogP) is 0.754. The van der Waals surface area contributed by atoms with Crippen LogP contribution in [-0.2, 0) is 14.8 Å². The van der Waals surface area contributed by atoms with Crippen molar-refractivity contribution in [1.82, 2.24) is 5.32 Å². The first-order valence-electron chi connectivity index (χ1n) is 5.69. The van der Waals surface area contributed by atoms with Crippen molar-refractivity contribution in [3.63, 3.8) is 0 Å². The van der Waals surface area contributed by atoms with Gasteiger partial charge in [-0.1, -0.05) is 15.9 Å². The molecule has 1 fully saturated rings. The van der Waals surface area contributed by atoms with E-state index in [0.717, 1.165) is 6.07 Å². The number of carbonyl (C=O) groups excluding carboxylic acids is 1. The average Bonchev–Trinajstić information content (AvgIpc) is 2.83. The predicted molar refractivity (Wildman–Crippen MR) is 72.2 cm³/mol. The minimum Gasteiger partial charge on any atom is -0.379 e. The largest absolute Gasteiger partial charge is 0.379 e. The summed E-state index contributed by atoms with van der Waals surface area (Å²) in [4.78, 5) is 11.3. The Kier molecular flexibility index (Phi) is 4.43. The van der Waals surface area contributed by atoms with Crippen LogP contribution in [0.2, 0.25) is 0 Å². The van der Waals surface area contributed by atoms with Crippen molar-refractivity contribution in [3.05, 3.63) is 28.0 Å².